The van der Waals surface area contributed by atoms with Gasteiger partial charge in [0.25, 0.3) is 0 Å². The van der Waals surface area contributed by atoms with Gasteiger partial charge >= 0.3 is 5.97 Å². The van der Waals surface area contributed by atoms with E-state index in [0.717, 1.165) is 30.6 Å². The molecule has 0 radical (unpaired) electrons. The van der Waals surface area contributed by atoms with Crippen molar-refractivity contribution in [2.45, 2.75) is 67.7 Å². The van der Waals surface area contributed by atoms with Crippen molar-refractivity contribution >= 4 is 17.7 Å². The molecule has 1 aromatic carbocycles. The SMILES string of the molecule is CCC(Sc1ccccc1)C(=O)OC1CCCCC(NC)C1. The number of esters is 1. The molecule has 0 spiro atoms. The monoisotopic (exact) mass is 321 g/mol. The van der Waals surface area contributed by atoms with Crippen molar-refractivity contribution in [3.63, 3.8) is 0 Å². The number of benzene rings is 1. The number of rotatable bonds is 6. The summed E-state index contributed by atoms with van der Waals surface area (Å²) in [6.07, 6.45) is 6.35. The average molecular weight is 321 g/mol. The molecular formula is C18H27NO2S. The lowest BCUT2D eigenvalue weighted by atomic mass is 10.1. The van der Waals surface area contributed by atoms with Gasteiger partial charge in [-0.15, -0.1) is 11.8 Å². The largest absolute Gasteiger partial charge is 0.461 e. The average Bonchev–Trinajstić information content (AvgIpc) is 2.78. The zero-order chi connectivity index (χ0) is 15.8. The van der Waals surface area contributed by atoms with E-state index in [1.807, 2.05) is 44.3 Å². The molecule has 1 fully saturated rings. The molecule has 3 atom stereocenters. The summed E-state index contributed by atoms with van der Waals surface area (Å²) in [6, 6.07) is 10.6. The Balaban J connectivity index is 1.90. The molecule has 4 heteroatoms. The fourth-order valence-corrected chi connectivity index (χ4v) is 3.85. The van der Waals surface area contributed by atoms with Gasteiger partial charge in [0.2, 0.25) is 0 Å². The van der Waals surface area contributed by atoms with Gasteiger partial charge in [0.1, 0.15) is 11.4 Å². The molecule has 0 bridgehead atoms. The number of carbonyl (C=O) groups excluding carboxylic acids is 1. The van der Waals surface area contributed by atoms with E-state index < -0.39 is 0 Å². The van der Waals surface area contributed by atoms with Crippen LogP contribution in [-0.4, -0.2) is 30.4 Å². The van der Waals surface area contributed by atoms with E-state index in [4.69, 9.17) is 4.74 Å². The summed E-state index contributed by atoms with van der Waals surface area (Å²) in [5.41, 5.74) is 0. The van der Waals surface area contributed by atoms with Crippen molar-refractivity contribution in [1.29, 1.82) is 0 Å². The number of hydrogen-bond acceptors (Lipinski definition) is 4. The summed E-state index contributed by atoms with van der Waals surface area (Å²) in [5, 5.41) is 3.22. The zero-order valence-corrected chi connectivity index (χ0v) is 14.4. The van der Waals surface area contributed by atoms with E-state index in [-0.39, 0.29) is 17.3 Å². The maximum Gasteiger partial charge on any atom is 0.319 e. The van der Waals surface area contributed by atoms with Crippen LogP contribution >= 0.6 is 11.8 Å². The second-order valence-electron chi connectivity index (χ2n) is 5.89. The minimum Gasteiger partial charge on any atom is -0.461 e. The molecule has 1 saturated carbocycles. The third kappa shape index (κ3) is 5.33. The van der Waals surface area contributed by atoms with Crippen molar-refractivity contribution in [3.05, 3.63) is 30.3 Å². The first-order chi connectivity index (χ1) is 10.7. The molecule has 1 aromatic rings. The molecule has 0 amide bonds. The van der Waals surface area contributed by atoms with Crippen molar-refractivity contribution in [3.8, 4) is 0 Å². The standard InChI is InChI=1S/C18H27NO2S/c1-3-17(22-16-11-5-4-6-12-16)18(20)21-15-10-8-7-9-14(13-15)19-2/h4-6,11-12,14-15,17,19H,3,7-10,13H2,1-2H3. The van der Waals surface area contributed by atoms with Crippen LogP contribution in [0.5, 0.6) is 0 Å². The van der Waals surface area contributed by atoms with Crippen LogP contribution in [0.3, 0.4) is 0 Å². The molecule has 0 aliphatic heterocycles. The van der Waals surface area contributed by atoms with E-state index in [2.05, 4.69) is 5.32 Å². The Morgan fingerprint density at radius 2 is 2.05 bits per heavy atom. The Labute approximate surface area is 138 Å². The minimum atomic E-state index is -0.112. The van der Waals surface area contributed by atoms with Gasteiger partial charge in [-0.25, -0.2) is 0 Å². The molecular weight excluding hydrogens is 294 g/mol. The summed E-state index contributed by atoms with van der Waals surface area (Å²) in [4.78, 5) is 13.6. The Morgan fingerprint density at radius 3 is 2.73 bits per heavy atom. The Kier molecular flexibility index (Phi) is 7.26. The molecule has 0 heterocycles. The first-order valence-corrected chi connectivity index (χ1v) is 9.20. The molecule has 3 unspecified atom stereocenters. The molecule has 1 N–H and O–H groups in total. The van der Waals surface area contributed by atoms with Crippen molar-refractivity contribution in [1.82, 2.24) is 5.32 Å². The maximum atomic E-state index is 12.5. The van der Waals surface area contributed by atoms with Gasteiger partial charge < -0.3 is 10.1 Å². The zero-order valence-electron chi connectivity index (χ0n) is 13.6. The van der Waals surface area contributed by atoms with Crippen LogP contribution in [0, 0.1) is 0 Å². The summed E-state index contributed by atoms with van der Waals surface area (Å²) < 4.78 is 5.83. The van der Waals surface area contributed by atoms with Gasteiger partial charge in [0.15, 0.2) is 0 Å². The highest BCUT2D eigenvalue weighted by molar-refractivity contribution is 8.00. The predicted molar refractivity (Wildman–Crippen MR) is 92.2 cm³/mol. The molecule has 0 aromatic heterocycles. The van der Waals surface area contributed by atoms with Crippen LogP contribution in [0.15, 0.2) is 35.2 Å². The third-order valence-electron chi connectivity index (χ3n) is 4.22. The first kappa shape index (κ1) is 17.4. The highest BCUT2D eigenvalue weighted by Crippen LogP contribution is 2.28. The van der Waals surface area contributed by atoms with Gasteiger partial charge in [-0.2, -0.15) is 0 Å². The van der Waals surface area contributed by atoms with Crippen molar-refractivity contribution in [2.75, 3.05) is 7.05 Å². The summed E-state index contributed by atoms with van der Waals surface area (Å²) in [7, 11) is 2.00. The molecule has 2 rings (SSSR count). The van der Waals surface area contributed by atoms with E-state index >= 15 is 0 Å². The van der Waals surface area contributed by atoms with Gasteiger partial charge in [-0.1, -0.05) is 31.5 Å². The first-order valence-electron chi connectivity index (χ1n) is 8.32. The number of thioether (sulfide) groups is 1. The van der Waals surface area contributed by atoms with Crippen LogP contribution in [0.1, 0.15) is 45.4 Å². The summed E-state index contributed by atoms with van der Waals surface area (Å²) in [5.74, 6) is -0.0573. The van der Waals surface area contributed by atoms with Crippen molar-refractivity contribution in [2.24, 2.45) is 0 Å². The Bertz CT molecular complexity index is 452. The molecule has 3 nitrogen and oxygen atoms in total. The fraction of sp³-hybridized carbons (Fsp3) is 0.611. The van der Waals surface area contributed by atoms with Crippen LogP contribution in [0.2, 0.25) is 0 Å². The number of ether oxygens (including phenoxy) is 1. The lowest BCUT2D eigenvalue weighted by Gasteiger charge is -2.22. The highest BCUT2D eigenvalue weighted by atomic mass is 32.2. The highest BCUT2D eigenvalue weighted by Gasteiger charge is 2.26. The molecule has 1 aliphatic carbocycles. The number of carbonyl (C=O) groups is 1. The van der Waals surface area contributed by atoms with Crippen LogP contribution in [0.4, 0.5) is 0 Å². The summed E-state index contributed by atoms with van der Waals surface area (Å²) >= 11 is 1.61. The predicted octanol–water partition coefficient (Wildman–Crippen LogP) is 4.02. The van der Waals surface area contributed by atoms with Gasteiger partial charge in [0.05, 0.1) is 0 Å². The minimum absolute atomic E-state index is 0.0573. The van der Waals surface area contributed by atoms with Crippen LogP contribution < -0.4 is 5.32 Å². The molecule has 122 valence electrons. The quantitative estimate of drug-likeness (QED) is 0.488. The lowest BCUT2D eigenvalue weighted by Crippen LogP contribution is -2.32. The maximum absolute atomic E-state index is 12.5. The van der Waals surface area contributed by atoms with Gasteiger partial charge in [-0.05, 0) is 51.3 Å². The molecule has 22 heavy (non-hydrogen) atoms. The third-order valence-corrected chi connectivity index (χ3v) is 5.58. The van der Waals surface area contributed by atoms with E-state index in [9.17, 15) is 4.79 Å². The van der Waals surface area contributed by atoms with Crippen LogP contribution in [-0.2, 0) is 9.53 Å². The van der Waals surface area contributed by atoms with E-state index in [0.29, 0.717) is 6.04 Å². The topological polar surface area (TPSA) is 38.3 Å². The van der Waals surface area contributed by atoms with Gasteiger partial charge in [-0.3, -0.25) is 4.79 Å². The molecule has 1 aliphatic rings. The number of hydrogen-bond donors (Lipinski definition) is 1. The second-order valence-corrected chi connectivity index (χ2v) is 7.17. The van der Waals surface area contributed by atoms with E-state index in [1.165, 1.54) is 12.8 Å². The molecule has 0 saturated heterocycles. The van der Waals surface area contributed by atoms with Crippen LogP contribution in [0.25, 0.3) is 0 Å². The van der Waals surface area contributed by atoms with Crippen molar-refractivity contribution < 1.29 is 9.53 Å². The second kappa shape index (κ2) is 9.21. The smallest absolute Gasteiger partial charge is 0.319 e. The lowest BCUT2D eigenvalue weighted by molar-refractivity contribution is -0.149. The summed E-state index contributed by atoms with van der Waals surface area (Å²) in [6.45, 7) is 2.05. The van der Waals surface area contributed by atoms with Gasteiger partial charge in [0, 0.05) is 10.9 Å². The number of nitrogens with one attached hydrogen (secondary N) is 1. The fourth-order valence-electron chi connectivity index (χ4n) is 2.89. The normalized spacial score (nSPS) is 23.5. The Morgan fingerprint density at radius 1 is 1.32 bits per heavy atom. The van der Waals surface area contributed by atoms with E-state index in [1.54, 1.807) is 11.8 Å². The Hall–Kier alpha value is -1.00.